The van der Waals surface area contributed by atoms with Crippen molar-refractivity contribution in [2.45, 2.75) is 32.9 Å². The first-order valence-electron chi connectivity index (χ1n) is 6.22. The van der Waals surface area contributed by atoms with Crippen molar-refractivity contribution in [1.29, 1.82) is 0 Å². The molecule has 1 heterocycles. The van der Waals surface area contributed by atoms with Gasteiger partial charge >= 0.3 is 5.97 Å². The number of aromatic nitrogens is 1. The van der Waals surface area contributed by atoms with E-state index in [0.717, 1.165) is 6.08 Å². The van der Waals surface area contributed by atoms with Crippen LogP contribution in [0.1, 0.15) is 26.5 Å². The number of carboxylic acid groups (broad SMARTS) is 1. The molecule has 1 aromatic rings. The van der Waals surface area contributed by atoms with Crippen LogP contribution in [0.15, 0.2) is 24.4 Å². The molecule has 20 heavy (non-hydrogen) atoms. The number of nitrogens with zero attached hydrogens (tertiary/aromatic N) is 1. The summed E-state index contributed by atoms with van der Waals surface area (Å²) in [5, 5.41) is 11.2. The van der Waals surface area contributed by atoms with Crippen molar-refractivity contribution in [3.8, 4) is 5.75 Å². The third-order valence-corrected chi connectivity index (χ3v) is 2.27. The van der Waals surface area contributed by atoms with Crippen molar-refractivity contribution in [3.05, 3.63) is 30.1 Å². The molecule has 0 saturated heterocycles. The standard InChI is InChI=1S/C14H18N2O4/c1-9(2)16-14(19)10(3)20-12-6-4-11(15-8-12)5-7-13(17)18/h4-10H,1-3H3,(H,16,19)(H,17,18). The van der Waals surface area contributed by atoms with Gasteiger partial charge in [-0.3, -0.25) is 9.78 Å². The van der Waals surface area contributed by atoms with E-state index in [9.17, 15) is 9.59 Å². The fraction of sp³-hybridized carbons (Fsp3) is 0.357. The maximum Gasteiger partial charge on any atom is 0.328 e. The average molecular weight is 278 g/mol. The van der Waals surface area contributed by atoms with E-state index in [2.05, 4.69) is 10.3 Å². The minimum atomic E-state index is -1.04. The van der Waals surface area contributed by atoms with Crippen molar-refractivity contribution in [2.24, 2.45) is 0 Å². The number of ether oxygens (including phenoxy) is 1. The minimum Gasteiger partial charge on any atom is -0.479 e. The quantitative estimate of drug-likeness (QED) is 0.769. The molecule has 1 unspecified atom stereocenters. The highest BCUT2D eigenvalue weighted by atomic mass is 16.5. The molecule has 0 aromatic carbocycles. The number of carboxylic acids is 1. The number of aliphatic carboxylic acids is 1. The highest BCUT2D eigenvalue weighted by molar-refractivity contribution is 5.84. The van der Waals surface area contributed by atoms with Crippen molar-refractivity contribution in [2.75, 3.05) is 0 Å². The highest BCUT2D eigenvalue weighted by Crippen LogP contribution is 2.12. The predicted octanol–water partition coefficient (Wildman–Crippen LogP) is 1.47. The first kappa shape index (κ1) is 15.7. The van der Waals surface area contributed by atoms with Crippen molar-refractivity contribution in [3.63, 3.8) is 0 Å². The Morgan fingerprint density at radius 3 is 2.55 bits per heavy atom. The normalized spacial score (nSPS) is 12.4. The van der Waals surface area contributed by atoms with Gasteiger partial charge in [-0.2, -0.15) is 0 Å². The highest BCUT2D eigenvalue weighted by Gasteiger charge is 2.15. The Kier molecular flexibility index (Phi) is 5.71. The van der Waals surface area contributed by atoms with Crippen LogP contribution in [0, 0.1) is 0 Å². The summed E-state index contributed by atoms with van der Waals surface area (Å²) in [4.78, 5) is 26.1. The smallest absolute Gasteiger partial charge is 0.328 e. The zero-order valence-corrected chi connectivity index (χ0v) is 11.7. The van der Waals surface area contributed by atoms with E-state index in [1.54, 1.807) is 19.1 Å². The molecule has 6 nitrogen and oxygen atoms in total. The number of rotatable bonds is 6. The summed E-state index contributed by atoms with van der Waals surface area (Å²) in [5.41, 5.74) is 0.499. The molecule has 1 aromatic heterocycles. The number of carbonyl (C=O) groups excluding carboxylic acids is 1. The number of nitrogens with one attached hydrogen (secondary N) is 1. The maximum atomic E-state index is 11.7. The van der Waals surface area contributed by atoms with Gasteiger partial charge in [-0.1, -0.05) is 0 Å². The van der Waals surface area contributed by atoms with E-state index < -0.39 is 12.1 Å². The average Bonchev–Trinajstić information content (AvgIpc) is 2.37. The van der Waals surface area contributed by atoms with Gasteiger partial charge < -0.3 is 15.2 Å². The van der Waals surface area contributed by atoms with E-state index >= 15 is 0 Å². The second kappa shape index (κ2) is 7.28. The zero-order valence-electron chi connectivity index (χ0n) is 11.7. The number of hydrogen-bond donors (Lipinski definition) is 2. The fourth-order valence-corrected chi connectivity index (χ4v) is 1.38. The number of hydrogen-bond acceptors (Lipinski definition) is 4. The molecule has 1 amide bonds. The zero-order chi connectivity index (χ0) is 15.1. The Morgan fingerprint density at radius 2 is 2.05 bits per heavy atom. The SMILES string of the molecule is CC(C)NC(=O)C(C)Oc1ccc(C=CC(=O)O)nc1. The van der Waals surface area contributed by atoms with E-state index in [0.29, 0.717) is 11.4 Å². The summed E-state index contributed by atoms with van der Waals surface area (Å²) < 4.78 is 5.44. The van der Waals surface area contributed by atoms with Crippen molar-refractivity contribution >= 4 is 18.0 Å². The van der Waals surface area contributed by atoms with Gasteiger partial charge in [-0.25, -0.2) is 4.79 Å². The predicted molar refractivity (Wildman–Crippen MR) is 74.3 cm³/mol. The summed E-state index contributed by atoms with van der Waals surface area (Å²) in [6.07, 6.45) is 3.20. The molecule has 1 atom stereocenters. The second-order valence-electron chi connectivity index (χ2n) is 4.51. The molecule has 6 heteroatoms. The molecular weight excluding hydrogens is 260 g/mol. The summed E-state index contributed by atoms with van der Waals surface area (Å²) in [7, 11) is 0. The first-order valence-corrected chi connectivity index (χ1v) is 6.22. The lowest BCUT2D eigenvalue weighted by Gasteiger charge is -2.16. The van der Waals surface area contributed by atoms with Gasteiger partial charge in [0, 0.05) is 12.1 Å². The first-order chi connectivity index (χ1) is 9.38. The van der Waals surface area contributed by atoms with Crippen molar-refractivity contribution in [1.82, 2.24) is 10.3 Å². The van der Waals surface area contributed by atoms with Crippen LogP contribution in [0.25, 0.3) is 6.08 Å². The Hall–Kier alpha value is -2.37. The number of amides is 1. The van der Waals surface area contributed by atoms with Crippen LogP contribution in [0.5, 0.6) is 5.75 Å². The fourth-order valence-electron chi connectivity index (χ4n) is 1.38. The van der Waals surface area contributed by atoms with Gasteiger partial charge in [-0.05, 0) is 39.0 Å². The van der Waals surface area contributed by atoms with E-state index in [1.165, 1.54) is 12.3 Å². The molecule has 0 aliphatic rings. The van der Waals surface area contributed by atoms with Gasteiger partial charge in [-0.15, -0.1) is 0 Å². The summed E-state index contributed by atoms with van der Waals surface area (Å²) >= 11 is 0. The molecule has 0 aliphatic carbocycles. The lowest BCUT2D eigenvalue weighted by Crippen LogP contribution is -2.40. The van der Waals surface area contributed by atoms with E-state index in [4.69, 9.17) is 9.84 Å². The largest absolute Gasteiger partial charge is 0.479 e. The topological polar surface area (TPSA) is 88.5 Å². The lowest BCUT2D eigenvalue weighted by atomic mass is 10.3. The van der Waals surface area contributed by atoms with Crippen LogP contribution in [-0.2, 0) is 9.59 Å². The van der Waals surface area contributed by atoms with Crippen LogP contribution < -0.4 is 10.1 Å². The van der Waals surface area contributed by atoms with Gasteiger partial charge in [0.2, 0.25) is 0 Å². The molecule has 0 bridgehead atoms. The Balaban J connectivity index is 2.61. The van der Waals surface area contributed by atoms with Gasteiger partial charge in [0.15, 0.2) is 6.10 Å². The molecule has 1 rings (SSSR count). The number of carbonyl (C=O) groups is 2. The molecule has 0 saturated carbocycles. The third kappa shape index (κ3) is 5.51. The molecule has 0 fully saturated rings. The van der Waals surface area contributed by atoms with Gasteiger partial charge in [0.05, 0.1) is 11.9 Å². The maximum absolute atomic E-state index is 11.7. The lowest BCUT2D eigenvalue weighted by molar-refractivity contribution is -0.131. The summed E-state index contributed by atoms with van der Waals surface area (Å²) in [6.45, 7) is 5.39. The Labute approximate surface area is 117 Å². The van der Waals surface area contributed by atoms with Crippen LogP contribution in [0.2, 0.25) is 0 Å². The molecule has 108 valence electrons. The Bertz CT molecular complexity index is 494. The van der Waals surface area contributed by atoms with Crippen LogP contribution in [0.4, 0.5) is 0 Å². The second-order valence-corrected chi connectivity index (χ2v) is 4.51. The van der Waals surface area contributed by atoms with Crippen LogP contribution in [0.3, 0.4) is 0 Å². The molecule has 0 radical (unpaired) electrons. The van der Waals surface area contributed by atoms with Crippen LogP contribution in [-0.4, -0.2) is 34.1 Å². The van der Waals surface area contributed by atoms with Gasteiger partial charge in [0.1, 0.15) is 5.75 Å². The minimum absolute atomic E-state index is 0.0511. The van der Waals surface area contributed by atoms with Crippen LogP contribution >= 0.6 is 0 Å². The molecular formula is C14H18N2O4. The summed E-state index contributed by atoms with van der Waals surface area (Å²) in [6, 6.07) is 3.30. The molecule has 2 N–H and O–H groups in total. The third-order valence-electron chi connectivity index (χ3n) is 2.27. The number of pyridine rings is 1. The van der Waals surface area contributed by atoms with Gasteiger partial charge in [0.25, 0.3) is 5.91 Å². The summed E-state index contributed by atoms with van der Waals surface area (Å²) in [5.74, 6) is -0.787. The Morgan fingerprint density at radius 1 is 1.35 bits per heavy atom. The molecule has 0 aliphatic heterocycles. The van der Waals surface area contributed by atoms with E-state index in [1.807, 2.05) is 13.8 Å². The monoisotopic (exact) mass is 278 g/mol. The van der Waals surface area contributed by atoms with Crippen molar-refractivity contribution < 1.29 is 19.4 Å². The van der Waals surface area contributed by atoms with E-state index in [-0.39, 0.29) is 11.9 Å². The molecule has 0 spiro atoms.